The second-order valence-electron chi connectivity index (χ2n) is 7.85. The third kappa shape index (κ3) is 7.58. The van der Waals surface area contributed by atoms with Crippen LogP contribution >= 0.6 is 23.2 Å². The topological polar surface area (TPSA) is 86.8 Å². The fourth-order valence-electron chi connectivity index (χ4n) is 3.07. The fraction of sp³-hybridized carbons (Fsp3) is 0.364. The van der Waals surface area contributed by atoms with Crippen LogP contribution in [-0.2, 0) is 26.2 Å². The van der Waals surface area contributed by atoms with Crippen LogP contribution in [0.2, 0.25) is 10.0 Å². The molecule has 0 saturated carbocycles. The van der Waals surface area contributed by atoms with Crippen molar-refractivity contribution in [3.63, 3.8) is 0 Å². The van der Waals surface area contributed by atoms with Crippen molar-refractivity contribution in [1.29, 1.82) is 0 Å². The quantitative estimate of drug-likeness (QED) is 0.547. The Bertz CT molecular complexity index is 1130. The molecule has 0 aliphatic heterocycles. The van der Waals surface area contributed by atoms with Crippen molar-refractivity contribution in [1.82, 2.24) is 10.2 Å². The predicted molar refractivity (Wildman–Crippen MR) is 128 cm³/mol. The first-order valence-electron chi connectivity index (χ1n) is 10.1. The van der Waals surface area contributed by atoms with Crippen LogP contribution in [0.15, 0.2) is 42.5 Å². The number of carbonyl (C=O) groups is 2. The molecule has 2 aromatic carbocycles. The normalized spacial score (nSPS) is 12.4. The molecule has 7 nitrogen and oxygen atoms in total. The van der Waals surface area contributed by atoms with Crippen molar-refractivity contribution < 1.29 is 22.4 Å². The molecule has 0 saturated heterocycles. The first-order valence-corrected chi connectivity index (χ1v) is 12.7. The highest BCUT2D eigenvalue weighted by molar-refractivity contribution is 7.92. The Morgan fingerprint density at radius 1 is 1.09 bits per heavy atom. The molecule has 0 spiro atoms. The van der Waals surface area contributed by atoms with Gasteiger partial charge in [-0.1, -0.05) is 35.3 Å². The summed E-state index contributed by atoms with van der Waals surface area (Å²) in [6.07, 6.45) is 0.917. The van der Waals surface area contributed by atoms with Crippen molar-refractivity contribution in [2.75, 3.05) is 17.1 Å². The van der Waals surface area contributed by atoms with E-state index in [1.165, 1.54) is 36.1 Å². The van der Waals surface area contributed by atoms with Crippen molar-refractivity contribution in [2.45, 2.75) is 39.4 Å². The molecule has 0 aliphatic rings. The van der Waals surface area contributed by atoms with Crippen LogP contribution in [0, 0.1) is 5.82 Å². The van der Waals surface area contributed by atoms with Gasteiger partial charge in [0.15, 0.2) is 0 Å². The summed E-state index contributed by atoms with van der Waals surface area (Å²) >= 11 is 12.2. The lowest BCUT2D eigenvalue weighted by Gasteiger charge is -2.32. The second kappa shape index (κ2) is 11.2. The molecule has 1 N–H and O–H groups in total. The van der Waals surface area contributed by atoms with Crippen LogP contribution in [0.5, 0.6) is 0 Å². The molecule has 1 atom stereocenters. The third-order valence-corrected chi connectivity index (χ3v) is 6.46. The molecular weight excluding hydrogens is 492 g/mol. The van der Waals surface area contributed by atoms with Crippen molar-refractivity contribution >= 4 is 50.7 Å². The van der Waals surface area contributed by atoms with Gasteiger partial charge in [0.25, 0.3) is 0 Å². The number of hydrogen-bond donors (Lipinski definition) is 1. The van der Waals surface area contributed by atoms with Crippen LogP contribution in [0.1, 0.15) is 26.3 Å². The molecule has 2 rings (SSSR count). The molecule has 0 radical (unpaired) electrons. The number of anilines is 1. The molecule has 0 bridgehead atoms. The zero-order valence-corrected chi connectivity index (χ0v) is 21.0. The molecule has 0 heterocycles. The summed E-state index contributed by atoms with van der Waals surface area (Å²) in [6.45, 7) is 4.39. The molecule has 0 aromatic heterocycles. The molecule has 180 valence electrons. The van der Waals surface area contributed by atoms with Gasteiger partial charge in [-0.3, -0.25) is 13.9 Å². The second-order valence-corrected chi connectivity index (χ2v) is 10.6. The van der Waals surface area contributed by atoms with Gasteiger partial charge in [0.2, 0.25) is 21.8 Å². The van der Waals surface area contributed by atoms with Gasteiger partial charge in [0.05, 0.1) is 11.9 Å². The highest BCUT2D eigenvalue weighted by Gasteiger charge is 2.30. The first-order chi connectivity index (χ1) is 15.3. The molecule has 0 unspecified atom stereocenters. The van der Waals surface area contributed by atoms with Crippen molar-refractivity contribution in [2.24, 2.45) is 0 Å². The molecule has 33 heavy (non-hydrogen) atoms. The predicted octanol–water partition coefficient (Wildman–Crippen LogP) is 3.84. The van der Waals surface area contributed by atoms with E-state index in [1.54, 1.807) is 26.0 Å². The Balaban J connectivity index is 2.42. The van der Waals surface area contributed by atoms with E-state index in [0.717, 1.165) is 16.6 Å². The van der Waals surface area contributed by atoms with Crippen LogP contribution in [-0.4, -0.2) is 50.0 Å². The van der Waals surface area contributed by atoms with Gasteiger partial charge in [-0.15, -0.1) is 0 Å². The van der Waals surface area contributed by atoms with Gasteiger partial charge in [-0.2, -0.15) is 0 Å². The average molecular weight is 518 g/mol. The van der Waals surface area contributed by atoms with Crippen molar-refractivity contribution in [3.8, 4) is 0 Å². The number of rotatable bonds is 9. The zero-order chi connectivity index (χ0) is 24.9. The van der Waals surface area contributed by atoms with E-state index in [0.29, 0.717) is 15.6 Å². The smallest absolute Gasteiger partial charge is 0.244 e. The maximum atomic E-state index is 13.7. The minimum atomic E-state index is -3.94. The maximum absolute atomic E-state index is 13.7. The Morgan fingerprint density at radius 2 is 1.76 bits per heavy atom. The summed E-state index contributed by atoms with van der Waals surface area (Å²) in [4.78, 5) is 27.3. The van der Waals surface area contributed by atoms with Gasteiger partial charge >= 0.3 is 0 Å². The number of carbonyl (C=O) groups excluding carboxylic acids is 2. The van der Waals surface area contributed by atoms with E-state index >= 15 is 0 Å². The summed E-state index contributed by atoms with van der Waals surface area (Å²) < 4.78 is 39.4. The fourth-order valence-corrected chi connectivity index (χ4v) is 4.38. The third-order valence-electron chi connectivity index (χ3n) is 4.73. The van der Waals surface area contributed by atoms with Crippen LogP contribution in [0.4, 0.5) is 10.1 Å². The van der Waals surface area contributed by atoms with E-state index in [1.807, 2.05) is 0 Å². The Hall–Kier alpha value is -2.36. The lowest BCUT2D eigenvalue weighted by Crippen LogP contribution is -2.52. The highest BCUT2D eigenvalue weighted by Crippen LogP contribution is 2.24. The summed E-state index contributed by atoms with van der Waals surface area (Å²) in [7, 11) is -3.94. The van der Waals surface area contributed by atoms with Gasteiger partial charge in [0.1, 0.15) is 18.4 Å². The Morgan fingerprint density at radius 3 is 2.30 bits per heavy atom. The SMILES string of the molecule is CC(C)NC(=O)[C@H](C)N(Cc1ccc(Cl)cc1Cl)C(=O)CN(c1cccc(F)c1)S(C)(=O)=O. The number of sulfonamides is 1. The van der Waals surface area contributed by atoms with Crippen LogP contribution in [0.3, 0.4) is 0 Å². The number of amides is 2. The lowest BCUT2D eigenvalue weighted by atomic mass is 10.1. The Kier molecular flexibility index (Phi) is 9.11. The summed E-state index contributed by atoms with van der Waals surface area (Å²) in [5, 5.41) is 3.44. The van der Waals surface area contributed by atoms with E-state index in [2.05, 4.69) is 5.32 Å². The van der Waals surface area contributed by atoms with Crippen LogP contribution < -0.4 is 9.62 Å². The minimum Gasteiger partial charge on any atom is -0.352 e. The van der Waals surface area contributed by atoms with E-state index in [-0.39, 0.29) is 18.3 Å². The lowest BCUT2D eigenvalue weighted by molar-refractivity contribution is -0.139. The monoisotopic (exact) mass is 517 g/mol. The van der Waals surface area contributed by atoms with Gasteiger partial charge in [0, 0.05) is 22.6 Å². The van der Waals surface area contributed by atoms with Gasteiger partial charge in [-0.25, -0.2) is 12.8 Å². The molecule has 2 amide bonds. The maximum Gasteiger partial charge on any atom is 0.244 e. The number of benzene rings is 2. The van der Waals surface area contributed by atoms with Crippen LogP contribution in [0.25, 0.3) is 0 Å². The van der Waals surface area contributed by atoms with E-state index in [4.69, 9.17) is 23.2 Å². The minimum absolute atomic E-state index is 0.00499. The molecule has 11 heteroatoms. The number of nitrogens with one attached hydrogen (secondary N) is 1. The standard InChI is InChI=1S/C22H26Cl2FN3O4S/c1-14(2)26-22(30)15(3)27(12-16-8-9-17(23)10-20(16)24)21(29)13-28(33(4,31)32)19-7-5-6-18(25)11-19/h5-11,14-15H,12-13H2,1-4H3,(H,26,30)/t15-/m0/s1. The first kappa shape index (κ1) is 26.9. The van der Waals surface area contributed by atoms with E-state index in [9.17, 15) is 22.4 Å². The average Bonchev–Trinajstić information content (AvgIpc) is 2.69. The van der Waals surface area contributed by atoms with Crippen molar-refractivity contribution in [3.05, 3.63) is 63.9 Å². The number of nitrogens with zero attached hydrogens (tertiary/aromatic N) is 2. The zero-order valence-electron chi connectivity index (χ0n) is 18.7. The highest BCUT2D eigenvalue weighted by atomic mass is 35.5. The number of hydrogen-bond acceptors (Lipinski definition) is 4. The summed E-state index contributed by atoms with van der Waals surface area (Å²) in [5.41, 5.74) is 0.518. The largest absolute Gasteiger partial charge is 0.352 e. The molecular formula is C22H26Cl2FN3O4S. The van der Waals surface area contributed by atoms with E-state index < -0.39 is 40.2 Å². The molecule has 2 aromatic rings. The molecule has 0 aliphatic carbocycles. The summed E-state index contributed by atoms with van der Waals surface area (Å²) in [6, 6.07) is 8.53. The van der Waals surface area contributed by atoms with Gasteiger partial charge in [-0.05, 0) is 56.7 Å². The van der Waals surface area contributed by atoms with Gasteiger partial charge < -0.3 is 10.2 Å². The molecule has 0 fully saturated rings. The Labute approximate surface area is 203 Å². The number of halogens is 3. The summed E-state index contributed by atoms with van der Waals surface area (Å²) in [5.74, 6) is -1.73.